The van der Waals surface area contributed by atoms with E-state index in [1.165, 1.54) is 4.31 Å². The van der Waals surface area contributed by atoms with Gasteiger partial charge in [0.15, 0.2) is 0 Å². The summed E-state index contributed by atoms with van der Waals surface area (Å²) in [5.41, 5.74) is 2.96. The van der Waals surface area contributed by atoms with Gasteiger partial charge in [0.25, 0.3) is 10.0 Å². The smallest absolute Gasteiger partial charge is 0.283 e. The van der Waals surface area contributed by atoms with Crippen LogP contribution in [0.5, 0.6) is 0 Å². The van der Waals surface area contributed by atoms with E-state index in [2.05, 4.69) is 9.71 Å². The second-order valence-electron chi connectivity index (χ2n) is 10.2. The van der Waals surface area contributed by atoms with Crippen molar-refractivity contribution in [1.29, 1.82) is 0 Å². The molecule has 1 fully saturated rings. The minimum Gasteiger partial charge on any atom is -0.340 e. The first-order chi connectivity index (χ1) is 18.5. The Morgan fingerprint density at radius 1 is 0.846 bits per heavy atom. The summed E-state index contributed by atoms with van der Waals surface area (Å²) < 4.78 is 59.9. The van der Waals surface area contributed by atoms with E-state index < -0.39 is 26.2 Å². The Morgan fingerprint density at radius 2 is 1.41 bits per heavy atom. The Kier molecular flexibility index (Phi) is 8.90. The van der Waals surface area contributed by atoms with Crippen LogP contribution in [0.1, 0.15) is 30.5 Å². The van der Waals surface area contributed by atoms with Crippen LogP contribution in [0.2, 0.25) is 0 Å². The van der Waals surface area contributed by atoms with Gasteiger partial charge in [-0.2, -0.15) is 12.7 Å². The van der Waals surface area contributed by atoms with Crippen molar-refractivity contribution in [2.75, 3.05) is 19.6 Å². The molecule has 1 atom stereocenters. The molecule has 0 spiro atoms. The fourth-order valence-corrected chi connectivity index (χ4v) is 7.46. The molecule has 1 aliphatic heterocycles. The molecule has 1 saturated heterocycles. The highest BCUT2D eigenvalue weighted by atomic mass is 32.2. The van der Waals surface area contributed by atoms with Crippen LogP contribution in [0.15, 0.2) is 93.1 Å². The van der Waals surface area contributed by atoms with Gasteiger partial charge in [-0.05, 0) is 49.6 Å². The molecule has 3 aromatic carbocycles. The molecule has 8 nitrogen and oxygen atoms in total. The second kappa shape index (κ2) is 12.0. The predicted molar refractivity (Wildman–Crippen MR) is 154 cm³/mol. The number of amidine groups is 1. The van der Waals surface area contributed by atoms with Crippen molar-refractivity contribution in [2.24, 2.45) is 10.3 Å². The van der Waals surface area contributed by atoms with Crippen molar-refractivity contribution < 1.29 is 16.8 Å². The summed E-state index contributed by atoms with van der Waals surface area (Å²) in [5.74, 6) is 0.154. The molecule has 0 saturated carbocycles. The Balaban J connectivity index is 1.69. The van der Waals surface area contributed by atoms with E-state index in [1.807, 2.05) is 62.9 Å². The van der Waals surface area contributed by atoms with Crippen molar-refractivity contribution in [3.63, 3.8) is 0 Å². The fraction of sp³-hybridized carbons (Fsp3) is 0.345. The van der Waals surface area contributed by atoms with E-state index in [0.717, 1.165) is 16.7 Å². The molecule has 0 amide bonds. The molecule has 0 unspecified atom stereocenters. The van der Waals surface area contributed by atoms with Gasteiger partial charge in [-0.15, -0.1) is 4.40 Å². The minimum absolute atomic E-state index is 0.0955. The van der Waals surface area contributed by atoms with Gasteiger partial charge in [0.05, 0.1) is 22.5 Å². The number of nitrogens with one attached hydrogen (secondary N) is 1. The number of sulfonamides is 2. The lowest BCUT2D eigenvalue weighted by Gasteiger charge is -2.34. The number of hydrogen-bond donors (Lipinski definition) is 1. The molecule has 3 aromatic rings. The molecule has 1 N–H and O–H groups in total. The first kappa shape index (κ1) is 28.9. The van der Waals surface area contributed by atoms with Crippen LogP contribution < -0.4 is 5.32 Å². The maximum absolute atomic E-state index is 13.7. The first-order valence-corrected chi connectivity index (χ1v) is 15.9. The zero-order valence-electron chi connectivity index (χ0n) is 22.8. The molecule has 0 aliphatic carbocycles. The van der Waals surface area contributed by atoms with Crippen LogP contribution in [-0.2, 0) is 26.6 Å². The molecule has 39 heavy (non-hydrogen) atoms. The molecule has 0 bridgehead atoms. The van der Waals surface area contributed by atoms with Crippen LogP contribution in [0, 0.1) is 19.8 Å². The standard InChI is InChI=1S/C29H36N4O4S2/c1-22(2)29-32(18-19-33(29)39(36,37)27-16-12-24(4)13-17-27)28(21-30-20-25-8-6-5-7-9-25)31-38(34,35)26-14-10-23(3)11-15-26/h5-17,22,29-30H,18-21H2,1-4H3/b31-28-/t29-/m0/s1. The molecule has 1 aliphatic rings. The van der Waals surface area contributed by atoms with Crippen molar-refractivity contribution in [3.8, 4) is 0 Å². The van der Waals surface area contributed by atoms with Crippen LogP contribution in [0.4, 0.5) is 0 Å². The van der Waals surface area contributed by atoms with E-state index in [1.54, 1.807) is 48.5 Å². The summed E-state index contributed by atoms with van der Waals surface area (Å²) in [6, 6.07) is 23.1. The van der Waals surface area contributed by atoms with Crippen LogP contribution >= 0.6 is 0 Å². The summed E-state index contributed by atoms with van der Waals surface area (Å²) in [7, 11) is -7.84. The average molecular weight is 569 g/mol. The first-order valence-electron chi connectivity index (χ1n) is 13.0. The summed E-state index contributed by atoms with van der Waals surface area (Å²) in [6.07, 6.45) is -0.596. The summed E-state index contributed by atoms with van der Waals surface area (Å²) in [4.78, 5) is 2.13. The van der Waals surface area contributed by atoms with Crippen molar-refractivity contribution in [1.82, 2.24) is 14.5 Å². The zero-order valence-corrected chi connectivity index (χ0v) is 24.4. The van der Waals surface area contributed by atoms with Crippen molar-refractivity contribution in [2.45, 2.75) is 50.2 Å². The zero-order chi connectivity index (χ0) is 28.2. The Bertz CT molecular complexity index is 1500. The van der Waals surface area contributed by atoms with Crippen LogP contribution in [-0.4, -0.2) is 57.7 Å². The summed E-state index contributed by atoms with van der Waals surface area (Å²) >= 11 is 0. The van der Waals surface area contributed by atoms with E-state index in [9.17, 15) is 16.8 Å². The molecule has 0 aromatic heterocycles. The van der Waals surface area contributed by atoms with Gasteiger partial charge in [-0.3, -0.25) is 0 Å². The number of rotatable bonds is 9. The lowest BCUT2D eigenvalue weighted by atomic mass is 10.1. The SMILES string of the molecule is Cc1ccc(S(=O)(=O)/N=C(/CNCc2ccccc2)N2CCN(S(=O)(=O)c3ccc(C)cc3)[C@H]2C(C)C)cc1. The average Bonchev–Trinajstić information content (AvgIpc) is 3.36. The maximum Gasteiger partial charge on any atom is 0.283 e. The number of nitrogens with zero attached hydrogens (tertiary/aromatic N) is 3. The van der Waals surface area contributed by atoms with E-state index in [-0.39, 0.29) is 34.6 Å². The van der Waals surface area contributed by atoms with Gasteiger partial charge in [0.2, 0.25) is 10.0 Å². The third-order valence-corrected chi connectivity index (χ3v) is 9.93. The topological polar surface area (TPSA) is 99.2 Å². The number of hydrogen-bond acceptors (Lipinski definition) is 5. The van der Waals surface area contributed by atoms with Gasteiger partial charge in [-0.1, -0.05) is 79.6 Å². The summed E-state index contributed by atoms with van der Waals surface area (Å²) in [5, 5.41) is 3.31. The largest absolute Gasteiger partial charge is 0.340 e. The fourth-order valence-electron chi connectivity index (χ4n) is 4.71. The lowest BCUT2D eigenvalue weighted by molar-refractivity contribution is 0.210. The van der Waals surface area contributed by atoms with Crippen molar-refractivity contribution >= 4 is 25.9 Å². The summed E-state index contributed by atoms with van der Waals surface area (Å²) in [6.45, 7) is 8.88. The molecular formula is C29H36N4O4S2. The van der Waals surface area contributed by atoms with Gasteiger partial charge < -0.3 is 10.2 Å². The number of aryl methyl sites for hydroxylation is 2. The molecular weight excluding hydrogens is 532 g/mol. The van der Waals surface area contributed by atoms with E-state index in [0.29, 0.717) is 13.1 Å². The number of benzene rings is 3. The van der Waals surface area contributed by atoms with Crippen LogP contribution in [0.3, 0.4) is 0 Å². The molecule has 208 valence electrons. The molecule has 10 heteroatoms. The highest BCUT2D eigenvalue weighted by molar-refractivity contribution is 7.90. The van der Waals surface area contributed by atoms with Gasteiger partial charge >= 0.3 is 0 Å². The van der Waals surface area contributed by atoms with Gasteiger partial charge in [0.1, 0.15) is 5.84 Å². The minimum atomic E-state index is -4.03. The third kappa shape index (κ3) is 6.75. The maximum atomic E-state index is 13.7. The quantitative estimate of drug-likeness (QED) is 0.307. The lowest BCUT2D eigenvalue weighted by Crippen LogP contribution is -2.49. The molecule has 4 rings (SSSR count). The molecule has 0 radical (unpaired) electrons. The second-order valence-corrected chi connectivity index (χ2v) is 13.7. The third-order valence-electron chi connectivity index (χ3n) is 6.73. The Morgan fingerprint density at radius 3 is 1.97 bits per heavy atom. The van der Waals surface area contributed by atoms with Crippen LogP contribution in [0.25, 0.3) is 0 Å². The normalized spacial score (nSPS) is 17.2. The Hall–Kier alpha value is -3.05. The van der Waals surface area contributed by atoms with Gasteiger partial charge in [-0.25, -0.2) is 8.42 Å². The molecule has 1 heterocycles. The monoisotopic (exact) mass is 568 g/mol. The van der Waals surface area contributed by atoms with Crippen molar-refractivity contribution in [3.05, 3.63) is 95.6 Å². The van der Waals surface area contributed by atoms with Gasteiger partial charge in [0, 0.05) is 19.6 Å². The van der Waals surface area contributed by atoms with E-state index >= 15 is 0 Å². The highest BCUT2D eigenvalue weighted by Crippen LogP contribution is 2.29. The Labute approximate surface area is 232 Å². The van der Waals surface area contributed by atoms with E-state index in [4.69, 9.17) is 0 Å². The predicted octanol–water partition coefficient (Wildman–Crippen LogP) is 4.17. The highest BCUT2D eigenvalue weighted by Gasteiger charge is 2.43.